The quantitative estimate of drug-likeness (QED) is 0.575. The zero-order chi connectivity index (χ0) is 20.4. The molecule has 1 saturated heterocycles. The Labute approximate surface area is 175 Å². The molecule has 0 radical (unpaired) electrons. The molecule has 0 unspecified atom stereocenters. The topological polar surface area (TPSA) is 57.3 Å². The van der Waals surface area contributed by atoms with Crippen LogP contribution in [-0.4, -0.2) is 45.0 Å². The Hall–Kier alpha value is -2.71. The Morgan fingerprint density at radius 2 is 1.93 bits per heavy atom. The first-order valence-corrected chi connectivity index (χ1v) is 10.0. The minimum absolute atomic E-state index is 0.254. The molecule has 29 heavy (non-hydrogen) atoms. The lowest BCUT2D eigenvalue weighted by atomic mass is 10.0. The van der Waals surface area contributed by atoms with E-state index in [1.165, 1.54) is 5.56 Å². The van der Waals surface area contributed by atoms with Crippen LogP contribution in [0.25, 0.3) is 11.4 Å². The molecule has 0 aliphatic carbocycles. The molecule has 0 saturated carbocycles. The maximum absolute atomic E-state index is 5.67. The van der Waals surface area contributed by atoms with Gasteiger partial charge in [0.1, 0.15) is 11.5 Å². The predicted molar refractivity (Wildman–Crippen MR) is 113 cm³/mol. The van der Waals surface area contributed by atoms with Gasteiger partial charge in [-0.2, -0.15) is 5.10 Å². The van der Waals surface area contributed by atoms with Crippen molar-refractivity contribution in [3.8, 4) is 22.9 Å². The van der Waals surface area contributed by atoms with Gasteiger partial charge in [0.2, 0.25) is 0 Å². The molecule has 7 nitrogen and oxygen atoms in total. The van der Waals surface area contributed by atoms with Gasteiger partial charge >= 0.3 is 0 Å². The number of hydrogen-bond donors (Lipinski definition) is 0. The Morgan fingerprint density at radius 1 is 1.14 bits per heavy atom. The number of likely N-dealkylation sites (tertiary alicyclic amines) is 1. The molecule has 8 heteroatoms. The molecule has 0 bridgehead atoms. The van der Waals surface area contributed by atoms with Gasteiger partial charge in [0, 0.05) is 49.2 Å². The van der Waals surface area contributed by atoms with Crippen molar-refractivity contribution in [2.45, 2.75) is 25.6 Å². The number of rotatable bonds is 6. The van der Waals surface area contributed by atoms with Crippen molar-refractivity contribution < 1.29 is 9.47 Å². The Morgan fingerprint density at radius 3 is 2.66 bits per heavy atom. The van der Waals surface area contributed by atoms with Crippen LogP contribution in [0.1, 0.15) is 24.4 Å². The van der Waals surface area contributed by atoms with Crippen molar-refractivity contribution in [1.82, 2.24) is 24.2 Å². The highest BCUT2D eigenvalue weighted by atomic mass is 32.1. The van der Waals surface area contributed by atoms with Crippen molar-refractivity contribution in [2.75, 3.05) is 20.8 Å². The van der Waals surface area contributed by atoms with Gasteiger partial charge < -0.3 is 14.0 Å². The zero-order valence-electron chi connectivity index (χ0n) is 16.9. The van der Waals surface area contributed by atoms with Crippen LogP contribution in [0.15, 0.2) is 42.7 Å². The molecule has 0 N–H and O–H groups in total. The van der Waals surface area contributed by atoms with Crippen molar-refractivity contribution in [3.05, 3.63) is 53.1 Å². The van der Waals surface area contributed by atoms with Gasteiger partial charge in [0.25, 0.3) is 0 Å². The van der Waals surface area contributed by atoms with Gasteiger partial charge in [0.15, 0.2) is 10.6 Å². The number of nitrogens with zero attached hydrogens (tertiary/aromatic N) is 5. The molecule has 1 aliphatic heterocycles. The molecule has 1 fully saturated rings. The number of aromatic nitrogens is 4. The smallest absolute Gasteiger partial charge is 0.199 e. The molecule has 0 spiro atoms. The van der Waals surface area contributed by atoms with E-state index in [1.54, 1.807) is 26.6 Å². The van der Waals surface area contributed by atoms with Gasteiger partial charge in [-0.3, -0.25) is 9.88 Å². The number of hydrogen-bond acceptors (Lipinski definition) is 6. The maximum Gasteiger partial charge on any atom is 0.199 e. The number of methoxy groups -OCH3 is 2. The van der Waals surface area contributed by atoms with E-state index < -0.39 is 0 Å². The molecule has 3 heterocycles. The van der Waals surface area contributed by atoms with Crippen molar-refractivity contribution in [1.29, 1.82) is 0 Å². The van der Waals surface area contributed by atoms with Gasteiger partial charge in [0.05, 0.1) is 20.9 Å². The summed E-state index contributed by atoms with van der Waals surface area (Å²) < 4.78 is 15.5. The highest BCUT2D eigenvalue weighted by molar-refractivity contribution is 7.71. The molecule has 1 aliphatic rings. The van der Waals surface area contributed by atoms with E-state index in [0.29, 0.717) is 11.4 Å². The fourth-order valence-electron chi connectivity index (χ4n) is 3.95. The second-order valence-corrected chi connectivity index (χ2v) is 7.49. The fraction of sp³-hybridized carbons (Fsp3) is 0.381. The zero-order valence-corrected chi connectivity index (χ0v) is 17.7. The summed E-state index contributed by atoms with van der Waals surface area (Å²) in [7, 11) is 5.32. The van der Waals surface area contributed by atoms with Crippen LogP contribution in [0.3, 0.4) is 0 Å². The first-order valence-electron chi connectivity index (χ1n) is 9.62. The van der Waals surface area contributed by atoms with Crippen molar-refractivity contribution >= 4 is 12.2 Å². The minimum Gasteiger partial charge on any atom is -0.497 e. The Bertz CT molecular complexity index is 1050. The van der Waals surface area contributed by atoms with Crippen LogP contribution in [0, 0.1) is 4.77 Å². The maximum atomic E-state index is 5.67. The van der Waals surface area contributed by atoms with E-state index >= 15 is 0 Å². The van der Waals surface area contributed by atoms with E-state index in [2.05, 4.69) is 16.0 Å². The summed E-state index contributed by atoms with van der Waals surface area (Å²) in [4.78, 5) is 6.49. The third kappa shape index (κ3) is 3.77. The van der Waals surface area contributed by atoms with E-state index in [4.69, 9.17) is 26.8 Å². The normalized spacial score (nSPS) is 16.9. The lowest BCUT2D eigenvalue weighted by molar-refractivity contribution is 0.187. The number of ether oxygens (including phenoxy) is 2. The molecule has 1 aromatic carbocycles. The van der Waals surface area contributed by atoms with Gasteiger partial charge in [-0.15, -0.1) is 0 Å². The molecular formula is C21H25N5O2S. The summed E-state index contributed by atoms with van der Waals surface area (Å²) in [6, 6.07) is 10.2. The summed E-state index contributed by atoms with van der Waals surface area (Å²) >= 11 is 5.67. The third-order valence-electron chi connectivity index (χ3n) is 5.46. The van der Waals surface area contributed by atoms with Crippen LogP contribution in [0.5, 0.6) is 11.5 Å². The summed E-state index contributed by atoms with van der Waals surface area (Å²) in [6.07, 6.45) is 5.73. The van der Waals surface area contributed by atoms with Crippen LogP contribution in [0.4, 0.5) is 0 Å². The standard InChI is InChI=1S/C21H25N5O2S/c1-24-20(15-8-10-22-11-9-15)23-26(21(24)29)14-25-12-4-5-18(25)17-7-6-16(27-2)13-19(17)28-3/h6-11,13,18H,4-5,12,14H2,1-3H3/t18-/m0/s1. The number of benzene rings is 1. The van der Waals surface area contributed by atoms with Gasteiger partial charge in [-0.25, -0.2) is 4.68 Å². The average Bonchev–Trinajstić information content (AvgIpc) is 3.34. The summed E-state index contributed by atoms with van der Waals surface area (Å²) in [6.45, 7) is 1.63. The van der Waals surface area contributed by atoms with E-state index in [1.807, 2.05) is 40.6 Å². The summed E-state index contributed by atoms with van der Waals surface area (Å²) in [5, 5.41) is 4.80. The third-order valence-corrected chi connectivity index (χ3v) is 5.94. The largest absolute Gasteiger partial charge is 0.497 e. The molecule has 3 aromatic rings. The monoisotopic (exact) mass is 411 g/mol. The van der Waals surface area contributed by atoms with Crippen LogP contribution in [0.2, 0.25) is 0 Å². The van der Waals surface area contributed by atoms with Crippen LogP contribution in [-0.2, 0) is 13.7 Å². The van der Waals surface area contributed by atoms with E-state index in [-0.39, 0.29) is 6.04 Å². The summed E-state index contributed by atoms with van der Waals surface area (Å²) in [5.41, 5.74) is 2.17. The molecular weight excluding hydrogens is 386 g/mol. The minimum atomic E-state index is 0.254. The Balaban J connectivity index is 1.63. The molecule has 1 atom stereocenters. The van der Waals surface area contributed by atoms with Gasteiger partial charge in [-0.1, -0.05) is 6.07 Å². The SMILES string of the molecule is COc1ccc([C@@H]2CCCN2Cn2nc(-c3ccncc3)n(C)c2=S)c(OC)c1. The highest BCUT2D eigenvalue weighted by Crippen LogP contribution is 2.39. The molecule has 4 rings (SSSR count). The first-order chi connectivity index (χ1) is 14.1. The second kappa shape index (κ2) is 8.34. The number of pyridine rings is 1. The van der Waals surface area contributed by atoms with E-state index in [0.717, 1.165) is 42.3 Å². The lowest BCUT2D eigenvalue weighted by Gasteiger charge is -2.26. The molecule has 152 valence electrons. The van der Waals surface area contributed by atoms with Crippen molar-refractivity contribution in [2.24, 2.45) is 7.05 Å². The second-order valence-electron chi connectivity index (χ2n) is 7.12. The highest BCUT2D eigenvalue weighted by Gasteiger charge is 2.29. The first kappa shape index (κ1) is 19.6. The molecule has 0 amide bonds. The fourth-order valence-corrected chi connectivity index (χ4v) is 4.13. The Kier molecular flexibility index (Phi) is 5.64. The van der Waals surface area contributed by atoms with Crippen LogP contribution >= 0.6 is 12.2 Å². The average molecular weight is 412 g/mol. The lowest BCUT2D eigenvalue weighted by Crippen LogP contribution is -2.27. The van der Waals surface area contributed by atoms with Crippen LogP contribution < -0.4 is 9.47 Å². The predicted octanol–water partition coefficient (Wildman–Crippen LogP) is 3.82. The molecule has 2 aromatic heterocycles. The van der Waals surface area contributed by atoms with E-state index in [9.17, 15) is 0 Å². The van der Waals surface area contributed by atoms with Gasteiger partial charge in [-0.05, 0) is 43.3 Å². The summed E-state index contributed by atoms with van der Waals surface area (Å²) in [5.74, 6) is 2.49. The van der Waals surface area contributed by atoms with Crippen molar-refractivity contribution in [3.63, 3.8) is 0 Å².